The SMILES string of the molecule is N=C(N)CCN(c1ccccc1)c1cncc2nnnn12. The second kappa shape index (κ2) is 5.53. The highest BCUT2D eigenvalue weighted by molar-refractivity contribution is 5.78. The molecule has 0 fully saturated rings. The van der Waals surface area contributed by atoms with Gasteiger partial charge in [0.25, 0.3) is 0 Å². The van der Waals surface area contributed by atoms with Crippen LogP contribution in [0.4, 0.5) is 11.5 Å². The number of aromatic nitrogens is 5. The van der Waals surface area contributed by atoms with Crippen LogP contribution in [-0.2, 0) is 0 Å². The van der Waals surface area contributed by atoms with Crippen molar-refractivity contribution >= 4 is 23.0 Å². The van der Waals surface area contributed by atoms with Gasteiger partial charge in [-0.25, -0.2) is 0 Å². The Balaban J connectivity index is 2.06. The molecule has 106 valence electrons. The number of tetrazole rings is 1. The third kappa shape index (κ3) is 2.64. The van der Waals surface area contributed by atoms with E-state index in [1.54, 1.807) is 16.9 Å². The van der Waals surface area contributed by atoms with Gasteiger partial charge in [0.15, 0.2) is 11.5 Å². The van der Waals surface area contributed by atoms with Crippen molar-refractivity contribution in [2.75, 3.05) is 11.4 Å². The number of rotatable bonds is 5. The van der Waals surface area contributed by atoms with Crippen LogP contribution in [0.2, 0.25) is 0 Å². The van der Waals surface area contributed by atoms with Crippen LogP contribution in [0.1, 0.15) is 6.42 Å². The van der Waals surface area contributed by atoms with Crippen molar-refractivity contribution in [3.05, 3.63) is 42.7 Å². The number of anilines is 2. The molecule has 3 N–H and O–H groups in total. The van der Waals surface area contributed by atoms with Crippen LogP contribution >= 0.6 is 0 Å². The molecule has 0 aliphatic rings. The van der Waals surface area contributed by atoms with Gasteiger partial charge in [-0.05, 0) is 22.6 Å². The molecule has 3 rings (SSSR count). The van der Waals surface area contributed by atoms with Crippen LogP contribution in [0, 0.1) is 5.41 Å². The first-order valence-corrected chi connectivity index (χ1v) is 6.43. The Morgan fingerprint density at radius 3 is 2.81 bits per heavy atom. The van der Waals surface area contributed by atoms with Crippen LogP contribution < -0.4 is 10.6 Å². The Labute approximate surface area is 120 Å². The van der Waals surface area contributed by atoms with Gasteiger partial charge in [-0.15, -0.1) is 5.10 Å². The monoisotopic (exact) mass is 282 g/mol. The molecule has 0 radical (unpaired) electrons. The molecule has 0 spiro atoms. The number of amidine groups is 1. The first-order valence-electron chi connectivity index (χ1n) is 6.43. The van der Waals surface area contributed by atoms with Gasteiger partial charge in [-0.2, -0.15) is 4.52 Å². The molecule has 0 saturated carbocycles. The lowest BCUT2D eigenvalue weighted by Gasteiger charge is -2.24. The molecule has 21 heavy (non-hydrogen) atoms. The van der Waals surface area contributed by atoms with Gasteiger partial charge in [-0.1, -0.05) is 18.2 Å². The average molecular weight is 282 g/mol. The van der Waals surface area contributed by atoms with Gasteiger partial charge in [0, 0.05) is 18.7 Å². The normalized spacial score (nSPS) is 10.7. The molecule has 0 bridgehead atoms. The van der Waals surface area contributed by atoms with Gasteiger partial charge in [0.1, 0.15) is 0 Å². The molecule has 0 aliphatic heterocycles. The summed E-state index contributed by atoms with van der Waals surface area (Å²) in [6.45, 7) is 0.542. The Kier molecular flexibility index (Phi) is 3.42. The number of hydrogen-bond acceptors (Lipinski definition) is 6. The van der Waals surface area contributed by atoms with Crippen LogP contribution in [-0.4, -0.2) is 37.4 Å². The highest BCUT2D eigenvalue weighted by atomic mass is 15.5. The molecule has 0 saturated heterocycles. The summed E-state index contributed by atoms with van der Waals surface area (Å²) in [6, 6.07) is 9.79. The van der Waals surface area contributed by atoms with E-state index < -0.39 is 0 Å². The maximum Gasteiger partial charge on any atom is 0.199 e. The van der Waals surface area contributed by atoms with E-state index >= 15 is 0 Å². The van der Waals surface area contributed by atoms with Crippen molar-refractivity contribution in [3.8, 4) is 0 Å². The van der Waals surface area contributed by atoms with E-state index in [0.29, 0.717) is 18.6 Å². The van der Waals surface area contributed by atoms with Crippen LogP contribution in [0.25, 0.3) is 5.65 Å². The molecule has 2 aromatic heterocycles. The molecule has 0 unspecified atom stereocenters. The predicted molar refractivity (Wildman–Crippen MR) is 78.6 cm³/mol. The third-order valence-corrected chi connectivity index (χ3v) is 3.04. The van der Waals surface area contributed by atoms with Crippen molar-refractivity contribution in [3.63, 3.8) is 0 Å². The van der Waals surface area contributed by atoms with Crippen molar-refractivity contribution in [1.29, 1.82) is 5.41 Å². The number of nitrogens with zero attached hydrogens (tertiary/aromatic N) is 6. The zero-order chi connectivity index (χ0) is 14.7. The first-order chi connectivity index (χ1) is 10.3. The first kappa shape index (κ1) is 13.0. The minimum absolute atomic E-state index is 0.132. The van der Waals surface area contributed by atoms with E-state index in [1.165, 1.54) is 0 Å². The van der Waals surface area contributed by atoms with Gasteiger partial charge < -0.3 is 10.6 Å². The zero-order valence-electron chi connectivity index (χ0n) is 11.2. The lowest BCUT2D eigenvalue weighted by molar-refractivity contribution is 0.797. The second-order valence-electron chi connectivity index (χ2n) is 4.48. The summed E-state index contributed by atoms with van der Waals surface area (Å²) in [6.07, 6.45) is 3.72. The number of benzene rings is 1. The molecule has 8 heteroatoms. The van der Waals surface area contributed by atoms with E-state index in [0.717, 1.165) is 11.5 Å². The maximum absolute atomic E-state index is 7.43. The standard InChI is InChI=1S/C13H14N8/c14-11(15)6-7-20(10-4-2-1-3-5-10)13-9-16-8-12-17-18-19-21(12)13/h1-5,8-9H,6-7H2,(H3,14,15). The fourth-order valence-electron chi connectivity index (χ4n) is 2.06. The van der Waals surface area contributed by atoms with E-state index in [4.69, 9.17) is 11.1 Å². The van der Waals surface area contributed by atoms with Crippen molar-refractivity contribution in [2.24, 2.45) is 5.73 Å². The predicted octanol–water partition coefficient (Wildman–Crippen LogP) is 0.983. The Hall–Kier alpha value is -3.03. The summed E-state index contributed by atoms with van der Waals surface area (Å²) in [5.41, 5.74) is 7.01. The van der Waals surface area contributed by atoms with Crippen molar-refractivity contribution < 1.29 is 0 Å². The number of fused-ring (bicyclic) bond motifs is 1. The fourth-order valence-corrected chi connectivity index (χ4v) is 2.06. The summed E-state index contributed by atoms with van der Waals surface area (Å²) >= 11 is 0. The van der Waals surface area contributed by atoms with Crippen molar-refractivity contribution in [1.82, 2.24) is 25.0 Å². The quantitative estimate of drug-likeness (QED) is 0.533. The van der Waals surface area contributed by atoms with E-state index in [-0.39, 0.29) is 5.84 Å². The Bertz CT molecular complexity index is 751. The van der Waals surface area contributed by atoms with Crippen LogP contribution in [0.5, 0.6) is 0 Å². The average Bonchev–Trinajstić information content (AvgIpc) is 2.97. The molecule has 2 heterocycles. The number of hydrogen-bond donors (Lipinski definition) is 2. The van der Waals surface area contributed by atoms with Crippen LogP contribution in [0.15, 0.2) is 42.7 Å². The fraction of sp³-hybridized carbons (Fsp3) is 0.154. The highest BCUT2D eigenvalue weighted by Gasteiger charge is 2.14. The minimum Gasteiger partial charge on any atom is -0.388 e. The topological polar surface area (TPSA) is 109 Å². The zero-order valence-corrected chi connectivity index (χ0v) is 11.2. The van der Waals surface area contributed by atoms with Gasteiger partial charge >= 0.3 is 0 Å². The van der Waals surface area contributed by atoms with E-state index in [2.05, 4.69) is 20.5 Å². The summed E-state index contributed by atoms with van der Waals surface area (Å²) in [4.78, 5) is 6.15. The number of nitrogens with two attached hydrogens (primary N) is 1. The molecule has 0 atom stereocenters. The molecular formula is C13H14N8. The van der Waals surface area contributed by atoms with Crippen LogP contribution in [0.3, 0.4) is 0 Å². The Morgan fingerprint density at radius 1 is 1.24 bits per heavy atom. The molecule has 3 aromatic rings. The van der Waals surface area contributed by atoms with E-state index in [1.807, 2.05) is 35.2 Å². The largest absolute Gasteiger partial charge is 0.388 e. The van der Waals surface area contributed by atoms with Gasteiger partial charge in [0.2, 0.25) is 0 Å². The van der Waals surface area contributed by atoms with Crippen molar-refractivity contribution in [2.45, 2.75) is 6.42 Å². The smallest absolute Gasteiger partial charge is 0.199 e. The summed E-state index contributed by atoms with van der Waals surface area (Å²) in [7, 11) is 0. The Morgan fingerprint density at radius 2 is 2.05 bits per heavy atom. The molecular weight excluding hydrogens is 268 g/mol. The second-order valence-corrected chi connectivity index (χ2v) is 4.48. The minimum atomic E-state index is 0.132. The molecule has 0 amide bonds. The maximum atomic E-state index is 7.43. The van der Waals surface area contributed by atoms with Gasteiger partial charge in [0.05, 0.1) is 18.2 Å². The van der Waals surface area contributed by atoms with Gasteiger partial charge in [-0.3, -0.25) is 10.4 Å². The summed E-state index contributed by atoms with van der Waals surface area (Å²) in [5, 5.41) is 19.0. The molecule has 1 aromatic carbocycles. The lowest BCUT2D eigenvalue weighted by Crippen LogP contribution is -2.25. The lowest BCUT2D eigenvalue weighted by atomic mass is 10.2. The summed E-state index contributed by atoms with van der Waals surface area (Å²) < 4.78 is 1.61. The molecule has 8 nitrogen and oxygen atoms in total. The number of nitrogens with one attached hydrogen (secondary N) is 1. The highest BCUT2D eigenvalue weighted by Crippen LogP contribution is 2.24. The number of para-hydroxylation sites is 1. The molecule has 0 aliphatic carbocycles. The third-order valence-electron chi connectivity index (χ3n) is 3.04. The summed E-state index contributed by atoms with van der Waals surface area (Å²) in [5.74, 6) is 0.859. The van der Waals surface area contributed by atoms with E-state index in [9.17, 15) is 0 Å².